The predicted octanol–water partition coefficient (Wildman–Crippen LogP) is 2.58. The SMILES string of the molecule is Cc1ccc(C(CN)N(C)Cc2ccncc2)s1. The van der Waals surface area contributed by atoms with Gasteiger partial charge in [0, 0.05) is 35.2 Å². The largest absolute Gasteiger partial charge is 0.329 e. The lowest BCUT2D eigenvalue weighted by Crippen LogP contribution is -2.29. The molecule has 0 radical (unpaired) electrons. The standard InChI is InChI=1S/C14H19N3S/c1-11-3-4-14(18-11)13(9-15)17(2)10-12-5-7-16-8-6-12/h3-8,13H,9-10,15H2,1-2H3. The van der Waals surface area contributed by atoms with Gasteiger partial charge in [0.2, 0.25) is 0 Å². The van der Waals surface area contributed by atoms with E-state index in [9.17, 15) is 0 Å². The Kier molecular flexibility index (Phi) is 4.47. The van der Waals surface area contributed by atoms with Crippen LogP contribution in [0.3, 0.4) is 0 Å². The van der Waals surface area contributed by atoms with Gasteiger partial charge in [0.05, 0.1) is 6.04 Å². The zero-order chi connectivity index (χ0) is 13.0. The molecule has 0 aliphatic rings. The van der Waals surface area contributed by atoms with Gasteiger partial charge in [-0.15, -0.1) is 11.3 Å². The molecule has 4 heteroatoms. The maximum atomic E-state index is 5.92. The predicted molar refractivity (Wildman–Crippen MR) is 76.6 cm³/mol. The van der Waals surface area contributed by atoms with Crippen LogP contribution in [0.1, 0.15) is 21.4 Å². The minimum Gasteiger partial charge on any atom is -0.329 e. The van der Waals surface area contributed by atoms with Gasteiger partial charge >= 0.3 is 0 Å². The average Bonchev–Trinajstić information content (AvgIpc) is 2.78. The molecule has 0 saturated heterocycles. The first-order valence-electron chi connectivity index (χ1n) is 6.06. The zero-order valence-electron chi connectivity index (χ0n) is 10.8. The molecule has 0 saturated carbocycles. The Labute approximate surface area is 112 Å². The second-order valence-corrected chi connectivity index (χ2v) is 5.79. The van der Waals surface area contributed by atoms with Gasteiger partial charge in [0.25, 0.3) is 0 Å². The van der Waals surface area contributed by atoms with Gasteiger partial charge in [-0.2, -0.15) is 0 Å². The van der Waals surface area contributed by atoms with Crippen molar-refractivity contribution in [1.29, 1.82) is 0 Å². The Bertz CT molecular complexity index is 481. The molecule has 96 valence electrons. The molecule has 2 heterocycles. The normalized spacial score (nSPS) is 12.9. The van der Waals surface area contributed by atoms with Crippen LogP contribution in [0.2, 0.25) is 0 Å². The van der Waals surface area contributed by atoms with Crippen molar-refractivity contribution in [3.05, 3.63) is 52.0 Å². The smallest absolute Gasteiger partial charge is 0.0564 e. The molecule has 2 aromatic heterocycles. The van der Waals surface area contributed by atoms with Crippen LogP contribution < -0.4 is 5.73 Å². The third-order valence-corrected chi connectivity index (χ3v) is 4.13. The highest BCUT2D eigenvalue weighted by atomic mass is 32.1. The number of nitrogens with zero attached hydrogens (tertiary/aromatic N) is 2. The number of hydrogen-bond donors (Lipinski definition) is 1. The van der Waals surface area contributed by atoms with Gasteiger partial charge in [-0.25, -0.2) is 0 Å². The molecule has 2 N–H and O–H groups in total. The molecule has 2 rings (SSSR count). The Morgan fingerprint density at radius 1 is 1.28 bits per heavy atom. The Hall–Kier alpha value is -1.23. The van der Waals surface area contributed by atoms with E-state index in [2.05, 4.69) is 36.0 Å². The van der Waals surface area contributed by atoms with E-state index in [1.807, 2.05) is 35.9 Å². The van der Waals surface area contributed by atoms with E-state index in [0.717, 1.165) is 6.54 Å². The van der Waals surface area contributed by atoms with Gasteiger partial charge in [-0.05, 0) is 43.8 Å². The van der Waals surface area contributed by atoms with E-state index in [0.29, 0.717) is 6.54 Å². The minimum absolute atomic E-state index is 0.289. The first-order chi connectivity index (χ1) is 8.70. The molecule has 2 aromatic rings. The monoisotopic (exact) mass is 261 g/mol. The van der Waals surface area contributed by atoms with Crippen LogP contribution in [0.5, 0.6) is 0 Å². The molecular formula is C14H19N3S. The summed E-state index contributed by atoms with van der Waals surface area (Å²) in [5, 5.41) is 0. The van der Waals surface area contributed by atoms with E-state index in [1.165, 1.54) is 15.3 Å². The number of hydrogen-bond acceptors (Lipinski definition) is 4. The molecule has 0 spiro atoms. The lowest BCUT2D eigenvalue weighted by molar-refractivity contribution is 0.245. The van der Waals surface area contributed by atoms with Crippen molar-refractivity contribution in [1.82, 2.24) is 9.88 Å². The highest BCUT2D eigenvalue weighted by molar-refractivity contribution is 7.12. The fourth-order valence-electron chi connectivity index (χ4n) is 2.03. The van der Waals surface area contributed by atoms with E-state index in [-0.39, 0.29) is 6.04 Å². The lowest BCUT2D eigenvalue weighted by Gasteiger charge is -2.26. The van der Waals surface area contributed by atoms with Crippen molar-refractivity contribution < 1.29 is 0 Å². The number of nitrogens with two attached hydrogens (primary N) is 1. The molecule has 0 bridgehead atoms. The highest BCUT2D eigenvalue weighted by Gasteiger charge is 2.17. The van der Waals surface area contributed by atoms with Gasteiger partial charge in [0.1, 0.15) is 0 Å². The van der Waals surface area contributed by atoms with Crippen molar-refractivity contribution in [2.75, 3.05) is 13.6 Å². The first-order valence-corrected chi connectivity index (χ1v) is 6.88. The van der Waals surface area contributed by atoms with Crippen molar-refractivity contribution >= 4 is 11.3 Å². The van der Waals surface area contributed by atoms with E-state index in [1.54, 1.807) is 0 Å². The Morgan fingerprint density at radius 3 is 2.56 bits per heavy atom. The summed E-state index contributed by atoms with van der Waals surface area (Å²) in [6.45, 7) is 3.66. The third kappa shape index (κ3) is 3.16. The number of aromatic nitrogens is 1. The van der Waals surface area contributed by atoms with Crippen molar-refractivity contribution in [3.63, 3.8) is 0 Å². The number of thiophene rings is 1. The molecule has 0 aromatic carbocycles. The summed E-state index contributed by atoms with van der Waals surface area (Å²) in [5.74, 6) is 0. The number of aryl methyl sites for hydroxylation is 1. The van der Waals surface area contributed by atoms with Crippen LogP contribution in [0, 0.1) is 6.92 Å². The average molecular weight is 261 g/mol. The van der Waals surface area contributed by atoms with Crippen molar-refractivity contribution in [2.45, 2.75) is 19.5 Å². The van der Waals surface area contributed by atoms with Crippen LogP contribution in [-0.2, 0) is 6.54 Å². The summed E-state index contributed by atoms with van der Waals surface area (Å²) >= 11 is 1.83. The summed E-state index contributed by atoms with van der Waals surface area (Å²) in [6, 6.07) is 8.72. The Morgan fingerprint density at radius 2 is 2.00 bits per heavy atom. The van der Waals surface area contributed by atoms with Crippen LogP contribution in [0.25, 0.3) is 0 Å². The van der Waals surface area contributed by atoms with Crippen LogP contribution in [-0.4, -0.2) is 23.5 Å². The molecular weight excluding hydrogens is 242 g/mol. The summed E-state index contributed by atoms with van der Waals surface area (Å²) in [6.07, 6.45) is 3.66. The van der Waals surface area contributed by atoms with Gasteiger partial charge in [-0.3, -0.25) is 9.88 Å². The zero-order valence-corrected chi connectivity index (χ0v) is 11.7. The summed E-state index contributed by atoms with van der Waals surface area (Å²) in [7, 11) is 2.12. The summed E-state index contributed by atoms with van der Waals surface area (Å²) in [5.41, 5.74) is 7.18. The maximum absolute atomic E-state index is 5.92. The number of rotatable bonds is 5. The van der Waals surface area contributed by atoms with Gasteiger partial charge < -0.3 is 5.73 Å². The number of likely N-dealkylation sites (N-methyl/N-ethyl adjacent to an activating group) is 1. The highest BCUT2D eigenvalue weighted by Crippen LogP contribution is 2.26. The van der Waals surface area contributed by atoms with Gasteiger partial charge in [0.15, 0.2) is 0 Å². The third-order valence-electron chi connectivity index (χ3n) is 3.03. The summed E-state index contributed by atoms with van der Waals surface area (Å²) in [4.78, 5) is 9.00. The van der Waals surface area contributed by atoms with Crippen LogP contribution in [0.4, 0.5) is 0 Å². The van der Waals surface area contributed by atoms with E-state index < -0.39 is 0 Å². The second kappa shape index (κ2) is 6.09. The topological polar surface area (TPSA) is 42.1 Å². The molecule has 3 nitrogen and oxygen atoms in total. The van der Waals surface area contributed by atoms with Crippen LogP contribution >= 0.6 is 11.3 Å². The molecule has 0 aliphatic carbocycles. The molecule has 18 heavy (non-hydrogen) atoms. The maximum Gasteiger partial charge on any atom is 0.0564 e. The summed E-state index contributed by atoms with van der Waals surface area (Å²) < 4.78 is 0. The van der Waals surface area contributed by atoms with Crippen molar-refractivity contribution in [3.8, 4) is 0 Å². The van der Waals surface area contributed by atoms with E-state index >= 15 is 0 Å². The van der Waals surface area contributed by atoms with Crippen molar-refractivity contribution in [2.24, 2.45) is 5.73 Å². The second-order valence-electron chi connectivity index (χ2n) is 4.47. The lowest BCUT2D eigenvalue weighted by atomic mass is 10.2. The minimum atomic E-state index is 0.289. The first kappa shape index (κ1) is 13.2. The van der Waals surface area contributed by atoms with E-state index in [4.69, 9.17) is 5.73 Å². The molecule has 1 unspecified atom stereocenters. The molecule has 0 aliphatic heterocycles. The van der Waals surface area contributed by atoms with Gasteiger partial charge in [-0.1, -0.05) is 0 Å². The Balaban J connectivity index is 2.08. The fourth-order valence-corrected chi connectivity index (χ4v) is 3.09. The number of pyridine rings is 1. The molecule has 1 atom stereocenters. The van der Waals surface area contributed by atoms with Crippen LogP contribution in [0.15, 0.2) is 36.7 Å². The fraction of sp³-hybridized carbons (Fsp3) is 0.357. The quantitative estimate of drug-likeness (QED) is 0.899. The molecule has 0 amide bonds. The molecule has 0 fully saturated rings.